The zero-order chi connectivity index (χ0) is 14.0. The van der Waals surface area contributed by atoms with E-state index in [0.717, 1.165) is 11.3 Å². The molecule has 0 fully saturated rings. The molecule has 0 aliphatic carbocycles. The predicted octanol–water partition coefficient (Wildman–Crippen LogP) is 1.78. The first-order valence-corrected chi connectivity index (χ1v) is 8.69. The Balaban J connectivity index is 2.40. The molecular weight excluding hydrogens is 282 g/mol. The molecule has 0 aliphatic rings. The van der Waals surface area contributed by atoms with Crippen molar-refractivity contribution in [2.24, 2.45) is 0 Å². The molecule has 0 aliphatic heterocycles. The van der Waals surface area contributed by atoms with Gasteiger partial charge in [0.15, 0.2) is 0 Å². The molecule has 0 saturated carbocycles. The zero-order valence-corrected chi connectivity index (χ0v) is 12.4. The van der Waals surface area contributed by atoms with Gasteiger partial charge in [-0.15, -0.1) is 0 Å². The summed E-state index contributed by atoms with van der Waals surface area (Å²) in [7, 11) is -3.53. The Morgan fingerprint density at radius 3 is 2.89 bits per heavy atom. The largest absolute Gasteiger partial charge is 0.399 e. The first-order chi connectivity index (χ1) is 8.94. The highest BCUT2D eigenvalue weighted by Gasteiger charge is 2.21. The van der Waals surface area contributed by atoms with Crippen molar-refractivity contribution in [3.63, 3.8) is 0 Å². The number of anilines is 1. The van der Waals surface area contributed by atoms with Crippen LogP contribution in [0.3, 0.4) is 0 Å². The van der Waals surface area contributed by atoms with Gasteiger partial charge in [-0.05, 0) is 31.4 Å². The molecule has 19 heavy (non-hydrogen) atoms. The van der Waals surface area contributed by atoms with Crippen LogP contribution in [0.25, 0.3) is 10.9 Å². The first-order valence-electron chi connectivity index (χ1n) is 5.82. The van der Waals surface area contributed by atoms with E-state index in [4.69, 9.17) is 5.73 Å². The number of benzene rings is 1. The third-order valence-electron chi connectivity index (χ3n) is 2.73. The molecule has 7 heteroatoms. The number of rotatable bonds is 5. The smallest absolute Gasteiger partial charge is 0.242 e. The standard InChI is InChI=1S/C12H17N3O2S2/c1-8(7-18-2)15-19(16,17)12-6-14-11-4-3-9(13)5-10(11)12/h3-6,8,14-15H,7,13H2,1-2H3. The molecule has 1 aromatic heterocycles. The normalized spacial score (nSPS) is 13.8. The van der Waals surface area contributed by atoms with Crippen LogP contribution in [0.15, 0.2) is 29.3 Å². The molecule has 2 aromatic rings. The topological polar surface area (TPSA) is 88.0 Å². The van der Waals surface area contributed by atoms with Crippen LogP contribution in [-0.2, 0) is 10.0 Å². The van der Waals surface area contributed by atoms with E-state index >= 15 is 0 Å². The van der Waals surface area contributed by atoms with Gasteiger partial charge in [0.1, 0.15) is 4.90 Å². The summed E-state index contributed by atoms with van der Waals surface area (Å²) in [4.78, 5) is 3.19. The Hall–Kier alpha value is -1.18. The highest BCUT2D eigenvalue weighted by atomic mass is 32.2. The molecule has 1 unspecified atom stereocenters. The maximum absolute atomic E-state index is 12.3. The van der Waals surface area contributed by atoms with Crippen molar-refractivity contribution in [2.45, 2.75) is 17.9 Å². The number of aromatic nitrogens is 1. The summed E-state index contributed by atoms with van der Waals surface area (Å²) < 4.78 is 27.3. The summed E-state index contributed by atoms with van der Waals surface area (Å²) in [6.07, 6.45) is 3.44. The number of fused-ring (bicyclic) bond motifs is 1. The lowest BCUT2D eigenvalue weighted by Crippen LogP contribution is -2.34. The van der Waals surface area contributed by atoms with Crippen LogP contribution in [0.5, 0.6) is 0 Å². The molecule has 0 spiro atoms. The van der Waals surface area contributed by atoms with Crippen molar-refractivity contribution in [3.8, 4) is 0 Å². The number of H-pyrrole nitrogens is 1. The summed E-state index contributed by atoms with van der Waals surface area (Å²) >= 11 is 1.60. The van der Waals surface area contributed by atoms with Crippen molar-refractivity contribution in [3.05, 3.63) is 24.4 Å². The second-order valence-electron chi connectivity index (χ2n) is 4.44. The predicted molar refractivity (Wildman–Crippen MR) is 80.9 cm³/mol. The second-order valence-corrected chi connectivity index (χ2v) is 7.03. The summed E-state index contributed by atoms with van der Waals surface area (Å²) in [6.45, 7) is 1.84. The lowest BCUT2D eigenvalue weighted by atomic mass is 10.2. The Bertz CT molecular complexity index is 679. The van der Waals surface area contributed by atoms with Gasteiger partial charge in [0.2, 0.25) is 10.0 Å². The Morgan fingerprint density at radius 2 is 2.21 bits per heavy atom. The van der Waals surface area contributed by atoms with E-state index in [1.807, 2.05) is 13.2 Å². The Morgan fingerprint density at radius 1 is 1.47 bits per heavy atom. The number of sulfonamides is 1. The van der Waals surface area contributed by atoms with Gasteiger partial charge >= 0.3 is 0 Å². The van der Waals surface area contributed by atoms with E-state index in [-0.39, 0.29) is 10.9 Å². The maximum Gasteiger partial charge on any atom is 0.242 e. The summed E-state index contributed by atoms with van der Waals surface area (Å²) in [5, 5.41) is 0.615. The lowest BCUT2D eigenvalue weighted by Gasteiger charge is -2.12. The highest BCUT2D eigenvalue weighted by Crippen LogP contribution is 2.24. The van der Waals surface area contributed by atoms with Gasteiger partial charge in [-0.1, -0.05) is 0 Å². The van der Waals surface area contributed by atoms with Crippen LogP contribution >= 0.6 is 11.8 Å². The third kappa shape index (κ3) is 3.05. The second kappa shape index (κ2) is 5.44. The van der Waals surface area contributed by atoms with E-state index in [0.29, 0.717) is 11.1 Å². The van der Waals surface area contributed by atoms with Crippen LogP contribution in [0.2, 0.25) is 0 Å². The summed E-state index contributed by atoms with van der Waals surface area (Å²) in [5.74, 6) is 0.726. The van der Waals surface area contributed by atoms with E-state index in [1.54, 1.807) is 30.0 Å². The number of aromatic amines is 1. The monoisotopic (exact) mass is 299 g/mol. The molecular formula is C12H17N3O2S2. The van der Waals surface area contributed by atoms with Crippen LogP contribution in [0, 0.1) is 0 Å². The van der Waals surface area contributed by atoms with Crippen LogP contribution in [-0.4, -0.2) is 31.5 Å². The number of nitrogen functional groups attached to an aromatic ring is 1. The average Bonchev–Trinajstić information content (AvgIpc) is 2.71. The molecule has 4 N–H and O–H groups in total. The Labute approximate surface area is 117 Å². The van der Waals surface area contributed by atoms with Crippen LogP contribution < -0.4 is 10.5 Å². The molecule has 0 saturated heterocycles. The van der Waals surface area contributed by atoms with Gasteiger partial charge in [0, 0.05) is 34.6 Å². The first kappa shape index (κ1) is 14.2. The zero-order valence-electron chi connectivity index (χ0n) is 10.8. The van der Waals surface area contributed by atoms with Crippen LogP contribution in [0.4, 0.5) is 5.69 Å². The number of nitrogens with one attached hydrogen (secondary N) is 2. The highest BCUT2D eigenvalue weighted by molar-refractivity contribution is 7.98. The third-order valence-corrected chi connectivity index (χ3v) is 5.19. The quantitative estimate of drug-likeness (QED) is 0.734. The minimum absolute atomic E-state index is 0.119. The maximum atomic E-state index is 12.3. The summed E-state index contributed by atoms with van der Waals surface area (Å²) in [6, 6.07) is 5.05. The van der Waals surface area contributed by atoms with Crippen molar-refractivity contribution >= 4 is 38.4 Å². The van der Waals surface area contributed by atoms with E-state index in [9.17, 15) is 8.42 Å². The van der Waals surface area contributed by atoms with Gasteiger partial charge in [0.05, 0.1) is 0 Å². The fourth-order valence-electron chi connectivity index (χ4n) is 1.95. The van der Waals surface area contributed by atoms with Gasteiger partial charge < -0.3 is 10.7 Å². The van der Waals surface area contributed by atoms with E-state index < -0.39 is 10.0 Å². The molecule has 0 amide bonds. The number of hydrogen-bond donors (Lipinski definition) is 3. The van der Waals surface area contributed by atoms with Crippen molar-refractivity contribution < 1.29 is 8.42 Å². The minimum Gasteiger partial charge on any atom is -0.399 e. The van der Waals surface area contributed by atoms with Crippen molar-refractivity contribution in [1.82, 2.24) is 9.71 Å². The average molecular weight is 299 g/mol. The molecule has 0 bridgehead atoms. The molecule has 104 valence electrons. The minimum atomic E-state index is -3.53. The molecule has 1 heterocycles. The van der Waals surface area contributed by atoms with Crippen LogP contribution in [0.1, 0.15) is 6.92 Å². The van der Waals surface area contributed by atoms with Gasteiger partial charge in [-0.3, -0.25) is 0 Å². The van der Waals surface area contributed by atoms with Crippen molar-refractivity contribution in [2.75, 3.05) is 17.7 Å². The molecule has 0 radical (unpaired) electrons. The fraction of sp³-hybridized carbons (Fsp3) is 0.333. The molecule has 1 aromatic carbocycles. The summed E-state index contributed by atoms with van der Waals surface area (Å²) in [5.41, 5.74) is 7.01. The van der Waals surface area contributed by atoms with E-state index in [2.05, 4.69) is 9.71 Å². The van der Waals surface area contributed by atoms with Gasteiger partial charge in [-0.2, -0.15) is 11.8 Å². The lowest BCUT2D eigenvalue weighted by molar-refractivity contribution is 0.572. The number of hydrogen-bond acceptors (Lipinski definition) is 4. The van der Waals surface area contributed by atoms with Gasteiger partial charge in [0.25, 0.3) is 0 Å². The van der Waals surface area contributed by atoms with Crippen molar-refractivity contribution in [1.29, 1.82) is 0 Å². The molecule has 1 atom stereocenters. The fourth-order valence-corrected chi connectivity index (χ4v) is 4.05. The molecule has 5 nitrogen and oxygen atoms in total. The van der Waals surface area contributed by atoms with E-state index in [1.165, 1.54) is 6.20 Å². The number of thioether (sulfide) groups is 1. The Kier molecular flexibility index (Phi) is 4.07. The molecule has 2 rings (SSSR count). The SMILES string of the molecule is CSCC(C)NS(=O)(=O)c1c[nH]c2ccc(N)cc12. The number of nitrogens with two attached hydrogens (primary N) is 1. The van der Waals surface area contributed by atoms with Gasteiger partial charge in [-0.25, -0.2) is 13.1 Å².